The van der Waals surface area contributed by atoms with Crippen LogP contribution in [0.5, 0.6) is 0 Å². The van der Waals surface area contributed by atoms with E-state index in [2.05, 4.69) is 28.2 Å². The van der Waals surface area contributed by atoms with Crippen LogP contribution in [0.15, 0.2) is 36.5 Å². The van der Waals surface area contributed by atoms with Gasteiger partial charge in [-0.15, -0.1) is 0 Å². The maximum atomic E-state index is 14.4. The topological polar surface area (TPSA) is 72.3 Å². The van der Waals surface area contributed by atoms with E-state index in [1.807, 2.05) is 11.0 Å². The second-order valence-electron chi connectivity index (χ2n) is 9.57. The Morgan fingerprint density at radius 3 is 2.70 bits per heavy atom. The van der Waals surface area contributed by atoms with Crippen LogP contribution in [0, 0.1) is 28.9 Å². The van der Waals surface area contributed by atoms with Gasteiger partial charge in [-0.25, -0.2) is 13.8 Å². The van der Waals surface area contributed by atoms with E-state index in [9.17, 15) is 13.6 Å². The van der Waals surface area contributed by atoms with Crippen LogP contribution in [0.1, 0.15) is 43.7 Å². The largest absolute Gasteiger partial charge is 0.347 e. The van der Waals surface area contributed by atoms with Gasteiger partial charge in [0.15, 0.2) is 0 Å². The van der Waals surface area contributed by atoms with Crippen molar-refractivity contribution in [1.29, 1.82) is 5.26 Å². The van der Waals surface area contributed by atoms with Gasteiger partial charge in [0.05, 0.1) is 18.2 Å². The summed E-state index contributed by atoms with van der Waals surface area (Å²) in [5, 5.41) is 12.3. The van der Waals surface area contributed by atoms with Crippen molar-refractivity contribution in [2.45, 2.75) is 50.2 Å². The van der Waals surface area contributed by atoms with Gasteiger partial charge in [-0.1, -0.05) is 13.0 Å². The van der Waals surface area contributed by atoms with E-state index in [4.69, 9.17) is 5.26 Å². The molecular formula is C25H27F2N5O. The molecule has 5 rings (SSSR count). The number of nitrogens with zero attached hydrogens (tertiary/aromatic N) is 4. The molecular weight excluding hydrogens is 424 g/mol. The molecule has 1 N–H and O–H groups in total. The number of rotatable bonds is 5. The number of hydrogen-bond donors (Lipinski definition) is 1. The number of pyridine rings is 1. The molecule has 1 aromatic heterocycles. The molecule has 2 bridgehead atoms. The summed E-state index contributed by atoms with van der Waals surface area (Å²) in [7, 11) is 0. The predicted octanol–water partition coefficient (Wildman–Crippen LogP) is 3.33. The average molecular weight is 452 g/mol. The standard InChI is InChI=1S/C25H27F2N5O/c1-16-9-19-14-31(15-22(16)32(19)23-6-3-17(11-28)12-29-23)24(33)13-30-25(7-2-8-25)20-5-4-18(26)10-21(20)27/h3-6,10,12,16,19,22,30H,2,7-9,13-15H2,1H3/t16-,19?,22?/m0/s1. The van der Waals surface area contributed by atoms with Crippen LogP contribution in [0.4, 0.5) is 14.6 Å². The molecule has 0 spiro atoms. The number of benzene rings is 1. The Kier molecular flexibility index (Phi) is 5.53. The lowest BCUT2D eigenvalue weighted by Crippen LogP contribution is -2.59. The summed E-state index contributed by atoms with van der Waals surface area (Å²) >= 11 is 0. The van der Waals surface area contributed by atoms with Crippen molar-refractivity contribution in [3.05, 3.63) is 59.3 Å². The van der Waals surface area contributed by atoms with E-state index >= 15 is 0 Å². The van der Waals surface area contributed by atoms with E-state index in [0.29, 0.717) is 30.1 Å². The highest BCUT2D eigenvalue weighted by atomic mass is 19.1. The van der Waals surface area contributed by atoms with E-state index in [0.717, 1.165) is 37.6 Å². The first-order valence-corrected chi connectivity index (χ1v) is 11.5. The van der Waals surface area contributed by atoms with Gasteiger partial charge in [-0.3, -0.25) is 10.1 Å². The Morgan fingerprint density at radius 2 is 2.09 bits per heavy atom. The summed E-state index contributed by atoms with van der Waals surface area (Å²) < 4.78 is 27.8. The number of anilines is 1. The smallest absolute Gasteiger partial charge is 0.236 e. The van der Waals surface area contributed by atoms with Crippen LogP contribution in [0.3, 0.4) is 0 Å². The van der Waals surface area contributed by atoms with Crippen molar-refractivity contribution in [1.82, 2.24) is 15.2 Å². The Morgan fingerprint density at radius 1 is 1.27 bits per heavy atom. The number of amides is 1. The van der Waals surface area contributed by atoms with Crippen LogP contribution >= 0.6 is 0 Å². The quantitative estimate of drug-likeness (QED) is 0.755. The Hall–Kier alpha value is -3.05. The fourth-order valence-corrected chi connectivity index (χ4v) is 5.70. The second kappa shape index (κ2) is 8.38. The number of carbonyl (C=O) groups excluding carboxylic acids is 1. The zero-order chi connectivity index (χ0) is 23.2. The van der Waals surface area contributed by atoms with E-state index in [1.165, 1.54) is 12.1 Å². The first-order chi connectivity index (χ1) is 15.9. The zero-order valence-corrected chi connectivity index (χ0v) is 18.6. The fraction of sp³-hybridized carbons (Fsp3) is 0.480. The van der Waals surface area contributed by atoms with Crippen LogP contribution in [-0.4, -0.2) is 47.5 Å². The lowest BCUT2D eigenvalue weighted by Gasteiger charge is -2.45. The molecule has 3 fully saturated rings. The third-order valence-corrected chi connectivity index (χ3v) is 7.62. The highest BCUT2D eigenvalue weighted by Crippen LogP contribution is 2.42. The minimum absolute atomic E-state index is 0.000308. The average Bonchev–Trinajstić information content (AvgIpc) is 2.97. The summed E-state index contributed by atoms with van der Waals surface area (Å²) in [4.78, 5) is 21.8. The summed E-state index contributed by atoms with van der Waals surface area (Å²) in [6.07, 6.45) is 4.96. The maximum absolute atomic E-state index is 14.4. The highest BCUT2D eigenvalue weighted by molar-refractivity contribution is 5.79. The van der Waals surface area contributed by atoms with Gasteiger partial charge in [0.2, 0.25) is 5.91 Å². The summed E-state index contributed by atoms with van der Waals surface area (Å²) in [6.45, 7) is 3.55. The number of hydrogen-bond acceptors (Lipinski definition) is 5. The van der Waals surface area contributed by atoms with Crippen molar-refractivity contribution in [3.8, 4) is 6.07 Å². The monoisotopic (exact) mass is 451 g/mol. The fourth-order valence-electron chi connectivity index (χ4n) is 5.70. The number of nitrogens with one attached hydrogen (secondary N) is 1. The van der Waals surface area contributed by atoms with Gasteiger partial charge in [0.25, 0.3) is 0 Å². The molecule has 8 heteroatoms. The zero-order valence-electron chi connectivity index (χ0n) is 18.6. The maximum Gasteiger partial charge on any atom is 0.236 e. The van der Waals surface area contributed by atoms with Gasteiger partial charge < -0.3 is 9.80 Å². The van der Waals surface area contributed by atoms with Gasteiger partial charge in [0, 0.05) is 42.5 Å². The van der Waals surface area contributed by atoms with E-state index in [1.54, 1.807) is 12.3 Å². The van der Waals surface area contributed by atoms with Crippen LogP contribution in [0.25, 0.3) is 0 Å². The van der Waals surface area contributed by atoms with Crippen molar-refractivity contribution in [2.24, 2.45) is 5.92 Å². The molecule has 2 unspecified atom stereocenters. The van der Waals surface area contributed by atoms with Crippen molar-refractivity contribution < 1.29 is 13.6 Å². The van der Waals surface area contributed by atoms with Gasteiger partial charge in [-0.05, 0) is 49.8 Å². The number of likely N-dealkylation sites (tertiary alicyclic amines) is 1. The van der Waals surface area contributed by atoms with Crippen molar-refractivity contribution in [3.63, 3.8) is 0 Å². The Bertz CT molecular complexity index is 1090. The summed E-state index contributed by atoms with van der Waals surface area (Å²) in [5.41, 5.74) is 0.364. The first-order valence-electron chi connectivity index (χ1n) is 11.5. The molecule has 3 atom stereocenters. The molecule has 2 saturated heterocycles. The number of piperazine rings is 1. The SMILES string of the molecule is C[C@H]1CC2CN(C(=O)CNC3(c4ccc(F)cc4F)CCC3)CC1N2c1ccc(C#N)cn1. The molecule has 1 amide bonds. The molecule has 1 saturated carbocycles. The normalized spacial score (nSPS) is 25.5. The minimum Gasteiger partial charge on any atom is -0.347 e. The molecule has 172 valence electrons. The molecule has 33 heavy (non-hydrogen) atoms. The third kappa shape index (κ3) is 3.84. The van der Waals surface area contributed by atoms with Crippen molar-refractivity contribution >= 4 is 11.7 Å². The summed E-state index contributed by atoms with van der Waals surface area (Å²) in [5.74, 6) is 0.106. The Balaban J connectivity index is 1.26. The third-order valence-electron chi connectivity index (χ3n) is 7.62. The van der Waals surface area contributed by atoms with Gasteiger partial charge >= 0.3 is 0 Å². The molecule has 3 aliphatic rings. The second-order valence-corrected chi connectivity index (χ2v) is 9.57. The molecule has 0 radical (unpaired) electrons. The van der Waals surface area contributed by atoms with E-state index < -0.39 is 17.2 Å². The van der Waals surface area contributed by atoms with Crippen LogP contribution in [-0.2, 0) is 10.3 Å². The van der Waals surface area contributed by atoms with Crippen LogP contribution < -0.4 is 10.2 Å². The Labute approximate surface area is 192 Å². The highest BCUT2D eigenvalue weighted by Gasteiger charge is 2.46. The number of nitriles is 1. The van der Waals surface area contributed by atoms with Crippen LogP contribution in [0.2, 0.25) is 0 Å². The lowest BCUT2D eigenvalue weighted by atomic mass is 9.71. The summed E-state index contributed by atoms with van der Waals surface area (Å²) in [6, 6.07) is 9.78. The molecule has 2 aliphatic heterocycles. The van der Waals surface area contributed by atoms with E-state index in [-0.39, 0.29) is 24.5 Å². The number of fused-ring (bicyclic) bond motifs is 2. The predicted molar refractivity (Wildman–Crippen MR) is 119 cm³/mol. The first kappa shape index (κ1) is 21.8. The minimum atomic E-state index is -0.603. The number of carbonyl (C=O) groups is 1. The molecule has 1 aliphatic carbocycles. The van der Waals surface area contributed by atoms with Gasteiger partial charge in [-0.2, -0.15) is 5.26 Å². The lowest BCUT2D eigenvalue weighted by molar-refractivity contribution is -0.132. The van der Waals surface area contributed by atoms with Gasteiger partial charge in [0.1, 0.15) is 23.5 Å². The molecule has 2 aromatic rings. The number of aromatic nitrogens is 1. The molecule has 6 nitrogen and oxygen atoms in total. The molecule has 3 heterocycles. The van der Waals surface area contributed by atoms with Crippen molar-refractivity contribution in [2.75, 3.05) is 24.5 Å². The molecule has 1 aromatic carbocycles. The number of halogens is 2.